The number of halogens is 1. The number of rotatable bonds is 2. The van der Waals surface area contributed by atoms with Crippen LogP contribution < -0.4 is 11.1 Å². The minimum atomic E-state index is -0.655. The molecular weight excluding hydrogens is 269 g/mol. The number of amides is 1. The van der Waals surface area contributed by atoms with E-state index in [-0.39, 0.29) is 17.8 Å². The van der Waals surface area contributed by atoms with Crippen molar-refractivity contribution in [3.8, 4) is 0 Å². The summed E-state index contributed by atoms with van der Waals surface area (Å²) in [5.74, 6) is 0.608. The summed E-state index contributed by atoms with van der Waals surface area (Å²) in [6.45, 7) is 2.54. The fraction of sp³-hybridized carbons (Fsp3) is 0.562. The topological polar surface area (TPSA) is 58.4 Å². The lowest BCUT2D eigenvalue weighted by molar-refractivity contribution is -0.135. The first-order valence-electron chi connectivity index (χ1n) is 7.65. The number of carbonyl (C=O) groups is 1. The molecule has 112 valence electrons. The molecule has 1 saturated carbocycles. The summed E-state index contributed by atoms with van der Waals surface area (Å²) in [6.07, 6.45) is 1.54. The molecule has 3 N–H and O–H groups in total. The molecule has 2 saturated heterocycles. The molecule has 1 aromatic rings. The molecule has 3 fully saturated rings. The fourth-order valence-corrected chi connectivity index (χ4v) is 3.88. The number of hydrogen-bond acceptors (Lipinski definition) is 3. The highest BCUT2D eigenvalue weighted by atomic mass is 19.1. The molecule has 2 aliphatic heterocycles. The zero-order valence-corrected chi connectivity index (χ0v) is 11.9. The van der Waals surface area contributed by atoms with Gasteiger partial charge in [0.25, 0.3) is 0 Å². The third kappa shape index (κ3) is 2.07. The van der Waals surface area contributed by atoms with Crippen molar-refractivity contribution in [2.45, 2.75) is 24.4 Å². The van der Waals surface area contributed by atoms with Crippen LogP contribution in [0.2, 0.25) is 0 Å². The Labute approximate surface area is 123 Å². The van der Waals surface area contributed by atoms with E-state index in [9.17, 15) is 9.18 Å². The summed E-state index contributed by atoms with van der Waals surface area (Å²) in [4.78, 5) is 14.6. The molecule has 3 aliphatic rings. The van der Waals surface area contributed by atoms with E-state index in [1.807, 2.05) is 11.0 Å². The van der Waals surface area contributed by atoms with Crippen LogP contribution in [-0.4, -0.2) is 36.0 Å². The Morgan fingerprint density at radius 3 is 2.90 bits per heavy atom. The van der Waals surface area contributed by atoms with E-state index in [1.165, 1.54) is 6.07 Å². The zero-order chi connectivity index (χ0) is 14.6. The Bertz CT molecular complexity index is 587. The van der Waals surface area contributed by atoms with Gasteiger partial charge in [0, 0.05) is 25.6 Å². The number of likely N-dealkylation sites (tertiary alicyclic amines) is 1. The Kier molecular flexibility index (Phi) is 2.84. The Morgan fingerprint density at radius 2 is 2.19 bits per heavy atom. The largest absolute Gasteiger partial charge is 0.333 e. The van der Waals surface area contributed by atoms with Gasteiger partial charge < -0.3 is 16.0 Å². The maximum Gasteiger partial charge on any atom is 0.243 e. The molecule has 1 aliphatic carbocycles. The molecule has 0 aromatic heterocycles. The van der Waals surface area contributed by atoms with E-state index in [2.05, 4.69) is 5.32 Å². The van der Waals surface area contributed by atoms with Crippen molar-refractivity contribution in [3.63, 3.8) is 0 Å². The summed E-state index contributed by atoms with van der Waals surface area (Å²) < 4.78 is 13.6. The second kappa shape index (κ2) is 4.52. The van der Waals surface area contributed by atoms with Crippen LogP contribution in [0.15, 0.2) is 24.3 Å². The highest BCUT2D eigenvalue weighted by molar-refractivity contribution is 5.89. The summed E-state index contributed by atoms with van der Waals surface area (Å²) in [5, 5.41) is 3.39. The molecule has 3 atom stereocenters. The molecule has 1 aromatic carbocycles. The predicted molar refractivity (Wildman–Crippen MR) is 76.9 cm³/mol. The summed E-state index contributed by atoms with van der Waals surface area (Å²) in [7, 11) is 0. The first kappa shape index (κ1) is 13.2. The van der Waals surface area contributed by atoms with Crippen LogP contribution >= 0.6 is 0 Å². The first-order valence-corrected chi connectivity index (χ1v) is 7.65. The van der Waals surface area contributed by atoms with Crippen LogP contribution in [-0.2, 0) is 4.79 Å². The fourth-order valence-electron chi connectivity index (χ4n) is 3.88. The van der Waals surface area contributed by atoms with Gasteiger partial charge in [-0.05, 0) is 36.5 Å². The van der Waals surface area contributed by atoms with Gasteiger partial charge in [0.2, 0.25) is 5.91 Å². The van der Waals surface area contributed by atoms with E-state index in [0.29, 0.717) is 11.8 Å². The third-order valence-corrected chi connectivity index (χ3v) is 5.23. The highest BCUT2D eigenvalue weighted by Gasteiger charge is 2.54. The minimum Gasteiger partial charge on any atom is -0.333 e. The lowest BCUT2D eigenvalue weighted by Crippen LogP contribution is -2.46. The van der Waals surface area contributed by atoms with Crippen molar-refractivity contribution < 1.29 is 9.18 Å². The van der Waals surface area contributed by atoms with Gasteiger partial charge in [-0.1, -0.05) is 12.1 Å². The Morgan fingerprint density at radius 1 is 1.38 bits per heavy atom. The molecule has 2 heterocycles. The summed E-state index contributed by atoms with van der Waals surface area (Å²) >= 11 is 0. The first-order chi connectivity index (χ1) is 10.1. The number of nitrogens with two attached hydrogens (primary N) is 1. The van der Waals surface area contributed by atoms with Crippen LogP contribution in [0.4, 0.5) is 4.39 Å². The maximum absolute atomic E-state index is 13.6. The second-order valence-corrected chi connectivity index (χ2v) is 6.70. The molecule has 4 rings (SSSR count). The normalized spacial score (nSPS) is 33.0. The monoisotopic (exact) mass is 289 g/mol. The highest BCUT2D eigenvalue weighted by Crippen LogP contribution is 2.46. The lowest BCUT2D eigenvalue weighted by atomic mass is 9.89. The number of nitrogens with one attached hydrogen (secondary N) is 1. The van der Waals surface area contributed by atoms with Crippen LogP contribution in [0.3, 0.4) is 0 Å². The zero-order valence-electron chi connectivity index (χ0n) is 11.9. The molecule has 0 radical (unpaired) electrons. The van der Waals surface area contributed by atoms with Crippen molar-refractivity contribution in [2.75, 3.05) is 19.6 Å². The maximum atomic E-state index is 13.6. The van der Waals surface area contributed by atoms with Gasteiger partial charge in [-0.2, -0.15) is 0 Å². The molecule has 0 spiro atoms. The predicted octanol–water partition coefficient (Wildman–Crippen LogP) is 1.04. The number of nitrogens with zero attached hydrogens (tertiary/aromatic N) is 1. The summed E-state index contributed by atoms with van der Waals surface area (Å²) in [5.41, 5.74) is 6.35. The molecule has 0 unspecified atom stereocenters. The number of carbonyl (C=O) groups excluding carboxylic acids is 1. The number of hydrogen-bond donors (Lipinski definition) is 2. The number of fused-ring (bicyclic) bond motifs is 1. The van der Waals surface area contributed by atoms with Gasteiger partial charge >= 0.3 is 0 Å². The standard InChI is InChI=1S/C16H20FN3O/c17-12-3-1-2-10(6-12)14-13-8-19-7-11(13)9-20(14)15(21)16(18)4-5-16/h1-3,6,11,13-14,19H,4-5,7-9,18H2/t11-,13-,14+/m0/s1. The molecule has 1 amide bonds. The Balaban J connectivity index is 1.70. The second-order valence-electron chi connectivity index (χ2n) is 6.70. The van der Waals surface area contributed by atoms with Crippen molar-refractivity contribution in [1.29, 1.82) is 0 Å². The van der Waals surface area contributed by atoms with Crippen LogP contribution in [0.1, 0.15) is 24.4 Å². The van der Waals surface area contributed by atoms with E-state index in [0.717, 1.165) is 38.0 Å². The van der Waals surface area contributed by atoms with E-state index < -0.39 is 5.54 Å². The molecular formula is C16H20FN3O. The van der Waals surface area contributed by atoms with Crippen LogP contribution in [0, 0.1) is 17.7 Å². The quantitative estimate of drug-likeness (QED) is 0.855. The van der Waals surface area contributed by atoms with E-state index in [4.69, 9.17) is 5.73 Å². The molecule has 5 heteroatoms. The van der Waals surface area contributed by atoms with Crippen molar-refractivity contribution >= 4 is 5.91 Å². The number of benzene rings is 1. The van der Waals surface area contributed by atoms with Gasteiger partial charge in [-0.25, -0.2) is 4.39 Å². The molecule has 0 bridgehead atoms. The van der Waals surface area contributed by atoms with Crippen LogP contribution in [0.5, 0.6) is 0 Å². The van der Waals surface area contributed by atoms with Gasteiger partial charge in [0.05, 0.1) is 11.6 Å². The van der Waals surface area contributed by atoms with E-state index >= 15 is 0 Å². The Hall–Kier alpha value is -1.46. The van der Waals surface area contributed by atoms with Gasteiger partial charge in [-0.3, -0.25) is 4.79 Å². The van der Waals surface area contributed by atoms with E-state index in [1.54, 1.807) is 12.1 Å². The third-order valence-electron chi connectivity index (χ3n) is 5.23. The average Bonchev–Trinajstić information content (AvgIpc) is 2.92. The average molecular weight is 289 g/mol. The SMILES string of the molecule is NC1(C(=O)N2C[C@@H]3CNC[C@@H]3[C@H]2c2cccc(F)c2)CC1. The van der Waals surface area contributed by atoms with Crippen molar-refractivity contribution in [2.24, 2.45) is 17.6 Å². The van der Waals surface area contributed by atoms with Gasteiger partial charge in [0.15, 0.2) is 0 Å². The summed E-state index contributed by atoms with van der Waals surface area (Å²) in [6, 6.07) is 6.60. The van der Waals surface area contributed by atoms with Crippen molar-refractivity contribution in [1.82, 2.24) is 10.2 Å². The smallest absolute Gasteiger partial charge is 0.243 e. The van der Waals surface area contributed by atoms with Gasteiger partial charge in [-0.15, -0.1) is 0 Å². The minimum absolute atomic E-state index is 0.0470. The lowest BCUT2D eigenvalue weighted by Gasteiger charge is -2.30. The molecule has 4 nitrogen and oxygen atoms in total. The molecule has 21 heavy (non-hydrogen) atoms. The van der Waals surface area contributed by atoms with Gasteiger partial charge in [0.1, 0.15) is 5.82 Å². The van der Waals surface area contributed by atoms with Crippen molar-refractivity contribution in [3.05, 3.63) is 35.6 Å². The van der Waals surface area contributed by atoms with Crippen LogP contribution in [0.25, 0.3) is 0 Å².